The molecule has 0 aromatic heterocycles. The Labute approximate surface area is 96.2 Å². The van der Waals surface area contributed by atoms with Crippen LogP contribution in [0.25, 0.3) is 0 Å². The van der Waals surface area contributed by atoms with Crippen LogP contribution in [0.1, 0.15) is 19.3 Å². The molecular weight excluding hydrogens is 240 g/mol. The molecule has 9 nitrogen and oxygen atoms in total. The number of carbonyl (C=O) groups is 3. The molecule has 0 aliphatic heterocycles. The van der Waals surface area contributed by atoms with Crippen molar-refractivity contribution < 1.29 is 44.3 Å². The van der Waals surface area contributed by atoms with Crippen molar-refractivity contribution in [3.05, 3.63) is 0 Å². The van der Waals surface area contributed by atoms with Gasteiger partial charge in [0.15, 0.2) is 0 Å². The molecular formula is C8H14O9. The first-order chi connectivity index (χ1) is 7.86. The highest BCUT2D eigenvalue weighted by atomic mass is 16.7. The van der Waals surface area contributed by atoms with E-state index in [1.807, 2.05) is 0 Å². The first kappa shape index (κ1) is 17.2. The molecule has 9 heteroatoms. The zero-order valence-electron chi connectivity index (χ0n) is 8.87. The third-order valence-corrected chi connectivity index (χ3v) is 1.24. The smallest absolute Gasteiger partial charge is 0.450 e. The summed E-state index contributed by atoms with van der Waals surface area (Å²) in [4.78, 5) is 28.3. The van der Waals surface area contributed by atoms with E-state index >= 15 is 0 Å². The van der Waals surface area contributed by atoms with Crippen LogP contribution in [0, 0.1) is 0 Å². The molecule has 0 amide bonds. The summed E-state index contributed by atoms with van der Waals surface area (Å²) < 4.78 is 8.46. The first-order valence-corrected chi connectivity index (χ1v) is 4.49. The van der Waals surface area contributed by atoms with Gasteiger partial charge in [-0.05, 0) is 19.3 Å². The molecule has 0 radical (unpaired) electrons. The number of rotatable bonds is 6. The van der Waals surface area contributed by atoms with E-state index in [1.54, 1.807) is 0 Å². The van der Waals surface area contributed by atoms with Gasteiger partial charge in [-0.3, -0.25) is 0 Å². The Balaban J connectivity index is 0. The minimum atomic E-state index is -1.83. The normalized spacial score (nSPS) is 8.47. The Morgan fingerprint density at radius 2 is 1.00 bits per heavy atom. The van der Waals surface area contributed by atoms with Gasteiger partial charge in [0.05, 0.1) is 13.2 Å². The van der Waals surface area contributed by atoms with Gasteiger partial charge < -0.3 is 29.9 Å². The molecule has 17 heavy (non-hydrogen) atoms. The van der Waals surface area contributed by atoms with E-state index in [4.69, 9.17) is 25.2 Å². The third-order valence-electron chi connectivity index (χ3n) is 1.24. The van der Waals surface area contributed by atoms with Gasteiger partial charge in [0.1, 0.15) is 0 Å². The highest BCUT2D eigenvalue weighted by Gasteiger charge is 1.97. The fourth-order valence-corrected chi connectivity index (χ4v) is 0.700. The average molecular weight is 254 g/mol. The van der Waals surface area contributed by atoms with E-state index in [1.165, 1.54) is 0 Å². The Hall–Kier alpha value is -2.19. The fraction of sp³-hybridized carbons (Fsp3) is 0.625. The van der Waals surface area contributed by atoms with E-state index in [-0.39, 0.29) is 13.2 Å². The summed E-state index contributed by atoms with van der Waals surface area (Å²) in [5, 5.41) is 30.1. The number of carboxylic acid groups (broad SMARTS) is 4. The summed E-state index contributed by atoms with van der Waals surface area (Å²) >= 11 is 0. The Bertz CT molecular complexity index is 215. The number of ether oxygens (including phenoxy) is 2. The molecule has 0 fully saturated rings. The maximum absolute atomic E-state index is 9.85. The molecule has 0 rings (SSSR count). The number of unbranched alkanes of at least 4 members (excludes halogenated alkanes) is 2. The molecule has 0 heterocycles. The predicted molar refractivity (Wildman–Crippen MR) is 52.5 cm³/mol. The lowest BCUT2D eigenvalue weighted by Crippen LogP contribution is -2.04. The van der Waals surface area contributed by atoms with Crippen molar-refractivity contribution in [2.24, 2.45) is 0 Å². The summed E-state index contributed by atoms with van der Waals surface area (Å²) in [5.74, 6) is 0. The molecule has 0 aliphatic rings. The van der Waals surface area contributed by atoms with Crippen molar-refractivity contribution in [1.82, 2.24) is 0 Å². The van der Waals surface area contributed by atoms with Crippen LogP contribution in [0.15, 0.2) is 0 Å². The molecule has 0 saturated carbocycles. The van der Waals surface area contributed by atoms with Crippen LogP contribution in [0.3, 0.4) is 0 Å². The standard InChI is InChI=1S/C7H12O6.CH2O3/c8-6(9)12-4-2-1-3-5-13-7(10)11;2-1(3)4/h1-5H2,(H,8,9)(H,10,11);(H2,2,3,4). The van der Waals surface area contributed by atoms with Crippen LogP contribution in [0.2, 0.25) is 0 Å². The molecule has 0 saturated heterocycles. The van der Waals surface area contributed by atoms with Crippen LogP contribution < -0.4 is 0 Å². The SMILES string of the molecule is O=C(O)O.O=C(O)OCCCCCOC(=O)O. The van der Waals surface area contributed by atoms with Crippen molar-refractivity contribution in [3.8, 4) is 0 Å². The number of hydrogen-bond acceptors (Lipinski definition) is 5. The summed E-state index contributed by atoms with van der Waals surface area (Å²) in [6.07, 6.45) is -2.57. The largest absolute Gasteiger partial charge is 0.505 e. The first-order valence-electron chi connectivity index (χ1n) is 4.49. The van der Waals surface area contributed by atoms with Crippen molar-refractivity contribution >= 4 is 18.5 Å². The lowest BCUT2D eigenvalue weighted by atomic mass is 10.2. The molecule has 0 aromatic carbocycles. The van der Waals surface area contributed by atoms with Crippen LogP contribution in [0.4, 0.5) is 14.4 Å². The van der Waals surface area contributed by atoms with E-state index in [2.05, 4.69) is 9.47 Å². The van der Waals surface area contributed by atoms with Crippen LogP contribution in [-0.4, -0.2) is 52.1 Å². The quantitative estimate of drug-likeness (QED) is 0.410. The van der Waals surface area contributed by atoms with Gasteiger partial charge in [0, 0.05) is 0 Å². The van der Waals surface area contributed by atoms with Gasteiger partial charge in [-0.2, -0.15) is 0 Å². The van der Waals surface area contributed by atoms with Crippen molar-refractivity contribution in [2.75, 3.05) is 13.2 Å². The van der Waals surface area contributed by atoms with Crippen LogP contribution >= 0.6 is 0 Å². The molecule has 0 unspecified atom stereocenters. The maximum atomic E-state index is 9.85. The van der Waals surface area contributed by atoms with Gasteiger partial charge in [0.2, 0.25) is 0 Å². The molecule has 0 spiro atoms. The Kier molecular flexibility index (Phi) is 12.0. The average Bonchev–Trinajstić information content (AvgIpc) is 2.14. The zero-order valence-corrected chi connectivity index (χ0v) is 8.87. The summed E-state index contributed by atoms with van der Waals surface area (Å²) in [6.45, 7) is 0.283. The Morgan fingerprint density at radius 3 is 1.24 bits per heavy atom. The Morgan fingerprint density at radius 1 is 0.706 bits per heavy atom. The monoisotopic (exact) mass is 254 g/mol. The van der Waals surface area contributed by atoms with Crippen molar-refractivity contribution in [2.45, 2.75) is 19.3 Å². The fourth-order valence-electron chi connectivity index (χ4n) is 0.700. The second kappa shape index (κ2) is 11.9. The van der Waals surface area contributed by atoms with E-state index in [9.17, 15) is 9.59 Å². The van der Waals surface area contributed by atoms with Crippen LogP contribution in [-0.2, 0) is 9.47 Å². The molecule has 4 N–H and O–H groups in total. The summed E-state index contributed by atoms with van der Waals surface area (Å²) in [6, 6.07) is 0. The second-order valence-corrected chi connectivity index (χ2v) is 2.57. The third kappa shape index (κ3) is 31.6. The molecule has 0 aliphatic carbocycles. The van der Waals surface area contributed by atoms with Gasteiger partial charge >= 0.3 is 18.5 Å². The lowest BCUT2D eigenvalue weighted by molar-refractivity contribution is 0.0847. The van der Waals surface area contributed by atoms with E-state index < -0.39 is 18.5 Å². The molecule has 100 valence electrons. The molecule has 0 aromatic rings. The zero-order chi connectivity index (χ0) is 13.7. The summed E-state index contributed by atoms with van der Waals surface area (Å²) in [7, 11) is 0. The summed E-state index contributed by atoms with van der Waals surface area (Å²) in [5.41, 5.74) is 0. The van der Waals surface area contributed by atoms with Crippen LogP contribution in [0.5, 0.6) is 0 Å². The van der Waals surface area contributed by atoms with Gasteiger partial charge in [-0.25, -0.2) is 14.4 Å². The van der Waals surface area contributed by atoms with Crippen molar-refractivity contribution in [1.29, 1.82) is 0 Å². The van der Waals surface area contributed by atoms with Gasteiger partial charge in [-0.15, -0.1) is 0 Å². The highest BCUT2D eigenvalue weighted by Crippen LogP contribution is 1.96. The number of hydrogen-bond donors (Lipinski definition) is 4. The maximum Gasteiger partial charge on any atom is 0.505 e. The van der Waals surface area contributed by atoms with Gasteiger partial charge in [-0.1, -0.05) is 0 Å². The highest BCUT2D eigenvalue weighted by molar-refractivity contribution is 5.56. The molecule has 0 atom stereocenters. The topological polar surface area (TPSA) is 151 Å². The van der Waals surface area contributed by atoms with Gasteiger partial charge in [0.25, 0.3) is 0 Å². The predicted octanol–water partition coefficient (Wildman–Crippen LogP) is 1.77. The molecule has 0 bridgehead atoms. The van der Waals surface area contributed by atoms with Crippen molar-refractivity contribution in [3.63, 3.8) is 0 Å². The van der Waals surface area contributed by atoms with E-state index in [0.717, 1.165) is 0 Å². The van der Waals surface area contributed by atoms with E-state index in [0.29, 0.717) is 19.3 Å². The minimum absolute atomic E-state index is 0.141. The lowest BCUT2D eigenvalue weighted by Gasteiger charge is -2.00. The minimum Gasteiger partial charge on any atom is -0.450 e. The second-order valence-electron chi connectivity index (χ2n) is 2.57.